The lowest BCUT2D eigenvalue weighted by atomic mass is 9.97. The maximum atomic E-state index is 13.3. The summed E-state index contributed by atoms with van der Waals surface area (Å²) in [7, 11) is -4.52. The Morgan fingerprint density at radius 1 is 0.423 bits per heavy atom. The maximum absolute atomic E-state index is 13.3. The number of phosphoric ester groups is 1. The molecule has 3 rings (SSSR count). The van der Waals surface area contributed by atoms with E-state index in [1.54, 1.807) is 30.6 Å². The second kappa shape index (κ2) is 48.0. The van der Waals surface area contributed by atoms with Gasteiger partial charge in [0, 0.05) is 53.5 Å². The van der Waals surface area contributed by atoms with E-state index in [-0.39, 0.29) is 171 Å². The number of rotatable bonds is 51. The number of amides is 6. The molecule has 0 spiro atoms. The number of carbonyl (C=O) groups excluding carboxylic acids is 6. The zero-order valence-electron chi connectivity index (χ0n) is 56.1. The molecule has 16 unspecified atom stereocenters. The fourth-order valence-electron chi connectivity index (χ4n) is 9.70. The summed E-state index contributed by atoms with van der Waals surface area (Å²) in [6, 6.07) is -3.34. The average molecular weight is 1430 g/mol. The van der Waals surface area contributed by atoms with Crippen LogP contribution in [-0.4, -0.2) is 378 Å². The molecular formula is C57H107N8O31P. The number of aliphatic hydroxyl groups is 9. The van der Waals surface area contributed by atoms with Gasteiger partial charge in [0.2, 0.25) is 35.4 Å². The lowest BCUT2D eigenvalue weighted by molar-refractivity contribution is -0.272. The van der Waals surface area contributed by atoms with Crippen molar-refractivity contribution in [3.63, 3.8) is 0 Å². The van der Waals surface area contributed by atoms with Gasteiger partial charge in [-0.05, 0) is 33.7 Å². The monoisotopic (exact) mass is 1430 g/mol. The van der Waals surface area contributed by atoms with Gasteiger partial charge < -0.3 is 140 Å². The smallest absolute Gasteiger partial charge is 0.394 e. The van der Waals surface area contributed by atoms with Gasteiger partial charge in [0.05, 0.1) is 151 Å². The average Bonchev–Trinajstić information content (AvgIpc) is 0.825. The SMILES string of the molecule is CC(=O)NC1C(OCCOCCOCCNC(=O)CN(CCCN(CC(=O)NCCOCCOCCOC2OC(CO)C(O)C(O)C2NC(C)=O)CC(=O)NCCOCCOCCOC2OC(CO)C(O)C(O)C2NC(C)=O)CCOP(=O)(O)OC(C)(C)C)OC(CO)C(O)C1O. The van der Waals surface area contributed by atoms with Crippen molar-refractivity contribution in [1.82, 2.24) is 41.7 Å². The highest BCUT2D eigenvalue weighted by Gasteiger charge is 2.48. The molecule has 3 aliphatic rings. The first-order valence-electron chi connectivity index (χ1n) is 32.0. The molecule has 39 nitrogen and oxygen atoms in total. The number of phosphoric acid groups is 1. The molecule has 566 valence electrons. The minimum absolute atomic E-state index is 0.0241. The molecule has 3 fully saturated rings. The summed E-state index contributed by atoms with van der Waals surface area (Å²) in [5.74, 6) is -2.86. The van der Waals surface area contributed by atoms with Crippen LogP contribution in [0.3, 0.4) is 0 Å². The quantitative estimate of drug-likeness (QED) is 0.0199. The molecule has 97 heavy (non-hydrogen) atoms. The number of aliphatic hydroxyl groups excluding tert-OH is 9. The third-order valence-electron chi connectivity index (χ3n) is 14.2. The van der Waals surface area contributed by atoms with E-state index >= 15 is 0 Å². The molecule has 0 aliphatic carbocycles. The Balaban J connectivity index is 1.51. The molecule has 0 bridgehead atoms. The summed E-state index contributed by atoms with van der Waals surface area (Å²) in [5.41, 5.74) is -1.02. The maximum Gasteiger partial charge on any atom is 0.472 e. The molecule has 0 aromatic heterocycles. The molecule has 3 saturated heterocycles. The van der Waals surface area contributed by atoms with E-state index in [4.69, 9.17) is 65.9 Å². The van der Waals surface area contributed by atoms with E-state index in [9.17, 15) is 84.2 Å². The van der Waals surface area contributed by atoms with Crippen molar-refractivity contribution < 1.29 is 150 Å². The highest BCUT2D eigenvalue weighted by atomic mass is 31.2. The zero-order valence-corrected chi connectivity index (χ0v) is 56.9. The molecule has 6 amide bonds. The van der Waals surface area contributed by atoms with Gasteiger partial charge in [-0.2, -0.15) is 0 Å². The first-order chi connectivity index (χ1) is 46.1. The van der Waals surface area contributed by atoms with Crippen LogP contribution in [0.25, 0.3) is 0 Å². The van der Waals surface area contributed by atoms with Crippen LogP contribution in [-0.2, 0) is 99.2 Å². The Kier molecular flexibility index (Phi) is 43.2. The van der Waals surface area contributed by atoms with Gasteiger partial charge in [0.15, 0.2) is 18.9 Å². The van der Waals surface area contributed by atoms with E-state index in [1.807, 2.05) is 0 Å². The summed E-state index contributed by atoms with van der Waals surface area (Å²) >= 11 is 0. The van der Waals surface area contributed by atoms with Gasteiger partial charge >= 0.3 is 7.82 Å². The Labute approximate surface area is 563 Å². The molecule has 0 aromatic rings. The first-order valence-corrected chi connectivity index (χ1v) is 33.5. The van der Waals surface area contributed by atoms with Crippen molar-refractivity contribution in [3.05, 3.63) is 0 Å². The Hall–Kier alpha value is -3.99. The van der Waals surface area contributed by atoms with Crippen LogP contribution in [0, 0.1) is 0 Å². The van der Waals surface area contributed by atoms with Gasteiger partial charge in [0.25, 0.3) is 0 Å². The van der Waals surface area contributed by atoms with Crippen LogP contribution >= 0.6 is 7.82 Å². The Morgan fingerprint density at radius 2 is 0.711 bits per heavy atom. The van der Waals surface area contributed by atoms with Crippen molar-refractivity contribution in [3.8, 4) is 0 Å². The molecule has 16 N–H and O–H groups in total. The van der Waals surface area contributed by atoms with E-state index < -0.39 is 161 Å². The van der Waals surface area contributed by atoms with Crippen LogP contribution in [0.15, 0.2) is 0 Å². The Morgan fingerprint density at radius 3 is 1.01 bits per heavy atom. The number of ether oxygens (including phenoxy) is 12. The first kappa shape index (κ1) is 87.2. The van der Waals surface area contributed by atoms with Gasteiger partial charge in [-0.15, -0.1) is 0 Å². The van der Waals surface area contributed by atoms with Crippen molar-refractivity contribution in [2.45, 2.75) is 145 Å². The summed E-state index contributed by atoms with van der Waals surface area (Å²) in [5, 5.41) is 106. The zero-order chi connectivity index (χ0) is 71.9. The third kappa shape index (κ3) is 35.9. The second-order valence-corrected chi connectivity index (χ2v) is 24.9. The summed E-state index contributed by atoms with van der Waals surface area (Å²) in [6.45, 7) is 6.98. The van der Waals surface area contributed by atoms with E-state index in [0.717, 1.165) is 0 Å². The van der Waals surface area contributed by atoms with Gasteiger partial charge in [-0.25, -0.2) is 4.57 Å². The van der Waals surface area contributed by atoms with Crippen molar-refractivity contribution in [2.24, 2.45) is 0 Å². The molecule has 0 aromatic carbocycles. The van der Waals surface area contributed by atoms with Crippen LogP contribution < -0.4 is 31.9 Å². The highest BCUT2D eigenvalue weighted by Crippen LogP contribution is 2.47. The second-order valence-electron chi connectivity index (χ2n) is 23.5. The highest BCUT2D eigenvalue weighted by molar-refractivity contribution is 7.47. The van der Waals surface area contributed by atoms with Crippen molar-refractivity contribution >= 4 is 43.3 Å². The number of nitrogens with zero attached hydrogens (tertiary/aromatic N) is 2. The van der Waals surface area contributed by atoms with Crippen LogP contribution in [0.1, 0.15) is 48.0 Å². The fourth-order valence-corrected chi connectivity index (χ4v) is 10.8. The fraction of sp³-hybridized carbons (Fsp3) is 0.895. The van der Waals surface area contributed by atoms with E-state index in [2.05, 4.69) is 31.9 Å². The normalized spacial score (nSPS) is 26.7. The molecule has 0 radical (unpaired) electrons. The number of carbonyl (C=O) groups is 6. The van der Waals surface area contributed by atoms with Crippen LogP contribution in [0.2, 0.25) is 0 Å². The predicted molar refractivity (Wildman–Crippen MR) is 332 cm³/mol. The van der Waals surface area contributed by atoms with Gasteiger partial charge in [-0.3, -0.25) is 47.6 Å². The largest absolute Gasteiger partial charge is 0.472 e. The topological polar surface area (TPSA) is 530 Å². The molecule has 40 heteroatoms. The van der Waals surface area contributed by atoms with E-state index in [0.29, 0.717) is 0 Å². The summed E-state index contributed by atoms with van der Waals surface area (Å²) in [6.07, 6.45) is -15.6. The van der Waals surface area contributed by atoms with Crippen molar-refractivity contribution in [2.75, 3.05) is 184 Å². The molecule has 3 heterocycles. The molecule has 16 atom stereocenters. The lowest BCUT2D eigenvalue weighted by Gasteiger charge is -2.42. The number of nitrogens with one attached hydrogen (secondary N) is 6. The minimum Gasteiger partial charge on any atom is -0.394 e. The minimum atomic E-state index is -4.52. The van der Waals surface area contributed by atoms with Crippen molar-refractivity contribution in [1.29, 1.82) is 0 Å². The number of hydrogen-bond donors (Lipinski definition) is 16. The standard InChI is InChI=1S/C57H107N8O31P/c1-36(69)61-45-51(78)48(75)39(33-66)93-54(45)89-27-24-86-21-18-83-14-8-58-42(72)30-64(13-17-92-97(81,82)96-57(4,5)6)11-7-12-65(31-43(73)59-9-15-84-19-22-87-25-28-90-55-46(62-37(2)70)52(79)49(76)40(34-67)94-55)32-44(74)60-10-16-85-20-23-88-26-29-91-56-47(63-38(3)71)53(80)50(77)41(35-68)95-56/h39-41,45-56,66-68,75-80H,7-35H2,1-6H3,(H,58,72)(H,59,73)(H,60,74)(H,61,69)(H,62,70)(H,63,71)(H,81,82). The summed E-state index contributed by atoms with van der Waals surface area (Å²) in [4.78, 5) is 88.6. The van der Waals surface area contributed by atoms with Crippen LogP contribution in [0.5, 0.6) is 0 Å². The third-order valence-corrected chi connectivity index (χ3v) is 15.5. The van der Waals surface area contributed by atoms with Gasteiger partial charge in [-0.1, -0.05) is 0 Å². The number of hydrogen-bond acceptors (Lipinski definition) is 32. The molecule has 0 saturated carbocycles. The predicted octanol–water partition coefficient (Wildman–Crippen LogP) is -8.76. The van der Waals surface area contributed by atoms with E-state index in [1.165, 1.54) is 20.8 Å². The summed E-state index contributed by atoms with van der Waals surface area (Å²) < 4.78 is 90.0. The van der Waals surface area contributed by atoms with Crippen LogP contribution in [0.4, 0.5) is 0 Å². The lowest BCUT2D eigenvalue weighted by Crippen LogP contribution is -2.64. The molecule has 3 aliphatic heterocycles. The molecular weight excluding hydrogens is 1320 g/mol. The Bertz CT molecular complexity index is 2210. The van der Waals surface area contributed by atoms with Gasteiger partial charge in [0.1, 0.15) is 73.1 Å².